The summed E-state index contributed by atoms with van der Waals surface area (Å²) in [6.45, 7) is 4.43. The molecule has 1 heterocycles. The zero-order valence-electron chi connectivity index (χ0n) is 10.7. The van der Waals surface area contributed by atoms with Crippen molar-refractivity contribution in [3.8, 4) is 5.75 Å². The number of hydrogen-bond donors (Lipinski definition) is 2. The molecule has 1 fully saturated rings. The molecule has 1 saturated heterocycles. The summed E-state index contributed by atoms with van der Waals surface area (Å²) in [7, 11) is 0. The van der Waals surface area contributed by atoms with E-state index in [1.54, 1.807) is 12.1 Å². The van der Waals surface area contributed by atoms with Crippen molar-refractivity contribution < 1.29 is 9.90 Å². The van der Waals surface area contributed by atoms with Crippen LogP contribution in [0.4, 0.5) is 0 Å². The predicted octanol–water partition coefficient (Wildman–Crippen LogP) is 1.49. The van der Waals surface area contributed by atoms with Crippen molar-refractivity contribution in [2.75, 3.05) is 13.1 Å². The number of rotatable bonds is 5. The summed E-state index contributed by atoms with van der Waals surface area (Å²) in [4.78, 5) is 13.4. The average molecular weight is 248 g/mol. The fourth-order valence-electron chi connectivity index (χ4n) is 2.25. The molecule has 0 radical (unpaired) electrons. The highest BCUT2D eigenvalue weighted by atomic mass is 16.3. The molecule has 1 aliphatic heterocycles. The second-order valence-electron chi connectivity index (χ2n) is 4.90. The summed E-state index contributed by atoms with van der Waals surface area (Å²) < 4.78 is 0. The Hall–Kier alpha value is -1.55. The van der Waals surface area contributed by atoms with E-state index >= 15 is 0 Å². The van der Waals surface area contributed by atoms with E-state index < -0.39 is 0 Å². The zero-order chi connectivity index (χ0) is 13.0. The third-order valence-corrected chi connectivity index (χ3v) is 3.23. The predicted molar refractivity (Wildman–Crippen MR) is 70.2 cm³/mol. The Morgan fingerprint density at radius 1 is 1.50 bits per heavy atom. The summed E-state index contributed by atoms with van der Waals surface area (Å²) in [5.74, 6) is 0.553. The Balaban J connectivity index is 1.77. The first kappa shape index (κ1) is 12.9. The highest BCUT2D eigenvalue weighted by molar-refractivity contribution is 5.78. The molecule has 0 aliphatic carbocycles. The molecular formula is C14H20N2O2. The van der Waals surface area contributed by atoms with Crippen molar-refractivity contribution in [1.82, 2.24) is 10.2 Å². The number of hydrogen-bond acceptors (Lipinski definition) is 3. The lowest BCUT2D eigenvalue weighted by atomic mass is 10.2. The number of benzene rings is 1. The first-order valence-electron chi connectivity index (χ1n) is 6.44. The normalized spacial score (nSPS) is 17.2. The Labute approximate surface area is 108 Å². The van der Waals surface area contributed by atoms with Gasteiger partial charge in [-0.1, -0.05) is 12.1 Å². The second kappa shape index (κ2) is 5.87. The van der Waals surface area contributed by atoms with Crippen LogP contribution in [0.25, 0.3) is 0 Å². The van der Waals surface area contributed by atoms with Gasteiger partial charge in [-0.25, -0.2) is 0 Å². The molecule has 1 aromatic rings. The summed E-state index contributed by atoms with van der Waals surface area (Å²) in [6.07, 6.45) is 1.68. The van der Waals surface area contributed by atoms with E-state index in [9.17, 15) is 9.90 Å². The van der Waals surface area contributed by atoms with Gasteiger partial charge in [0.15, 0.2) is 0 Å². The quantitative estimate of drug-likeness (QED) is 0.830. The number of nitrogens with one attached hydrogen (secondary N) is 1. The van der Waals surface area contributed by atoms with E-state index in [0.29, 0.717) is 13.0 Å². The van der Waals surface area contributed by atoms with Gasteiger partial charge in [0.25, 0.3) is 0 Å². The van der Waals surface area contributed by atoms with E-state index in [2.05, 4.69) is 12.2 Å². The van der Waals surface area contributed by atoms with Crippen molar-refractivity contribution in [2.24, 2.45) is 0 Å². The number of amides is 1. The van der Waals surface area contributed by atoms with Crippen LogP contribution in [0.1, 0.15) is 25.3 Å². The molecule has 1 aliphatic rings. The lowest BCUT2D eigenvalue weighted by Gasteiger charge is -2.21. The number of carbonyl (C=O) groups is 1. The van der Waals surface area contributed by atoms with Crippen molar-refractivity contribution in [3.63, 3.8) is 0 Å². The van der Waals surface area contributed by atoms with Crippen LogP contribution in [-0.2, 0) is 11.3 Å². The maximum absolute atomic E-state index is 11.5. The molecule has 2 N–H and O–H groups in total. The number of aromatic hydroxyl groups is 1. The molecule has 1 aromatic carbocycles. The summed E-state index contributed by atoms with van der Waals surface area (Å²) >= 11 is 0. The lowest BCUT2D eigenvalue weighted by Crippen LogP contribution is -2.39. The average Bonchev–Trinajstić information content (AvgIpc) is 2.73. The van der Waals surface area contributed by atoms with Crippen LogP contribution in [0, 0.1) is 0 Å². The summed E-state index contributed by atoms with van der Waals surface area (Å²) in [5.41, 5.74) is 1.05. The minimum atomic E-state index is 0.259. The third-order valence-electron chi connectivity index (χ3n) is 3.23. The highest BCUT2D eigenvalue weighted by Crippen LogP contribution is 2.12. The smallest absolute Gasteiger partial charge is 0.222 e. The third kappa shape index (κ3) is 3.47. The van der Waals surface area contributed by atoms with Crippen molar-refractivity contribution >= 4 is 5.91 Å². The topological polar surface area (TPSA) is 52.6 Å². The van der Waals surface area contributed by atoms with Crippen molar-refractivity contribution in [1.29, 1.82) is 0 Å². The molecule has 0 bridgehead atoms. The molecular weight excluding hydrogens is 228 g/mol. The van der Waals surface area contributed by atoms with E-state index in [1.165, 1.54) is 0 Å². The largest absolute Gasteiger partial charge is 0.508 e. The number of carbonyl (C=O) groups excluding carboxylic acids is 1. The van der Waals surface area contributed by atoms with Gasteiger partial charge < -0.3 is 15.3 Å². The Morgan fingerprint density at radius 2 is 2.33 bits per heavy atom. The van der Waals surface area contributed by atoms with E-state index in [4.69, 9.17) is 0 Å². The Bertz CT molecular complexity index is 420. The monoisotopic (exact) mass is 248 g/mol. The number of phenolic OH excluding ortho intramolecular Hbond substituents is 1. The zero-order valence-corrected chi connectivity index (χ0v) is 10.7. The lowest BCUT2D eigenvalue weighted by molar-refractivity contribution is -0.127. The van der Waals surface area contributed by atoms with Crippen LogP contribution in [0.2, 0.25) is 0 Å². The minimum absolute atomic E-state index is 0.259. The van der Waals surface area contributed by atoms with E-state index in [1.807, 2.05) is 17.0 Å². The first-order valence-corrected chi connectivity index (χ1v) is 6.44. The standard InChI is InChI=1S/C14H20N2O2/c1-11(10-16-7-3-6-14(16)18)15-9-12-4-2-5-13(17)8-12/h2,4-5,8,11,15,17H,3,6-7,9-10H2,1H3. The SMILES string of the molecule is CC(CN1CCCC1=O)NCc1cccc(O)c1. The summed E-state index contributed by atoms with van der Waals surface area (Å²) in [5, 5.41) is 12.7. The van der Waals surface area contributed by atoms with Gasteiger partial charge in [-0.3, -0.25) is 4.79 Å². The van der Waals surface area contributed by atoms with Gasteiger partial charge in [-0.15, -0.1) is 0 Å². The molecule has 1 atom stereocenters. The van der Waals surface area contributed by atoms with Gasteiger partial charge >= 0.3 is 0 Å². The van der Waals surface area contributed by atoms with Crippen LogP contribution in [0.15, 0.2) is 24.3 Å². The maximum atomic E-state index is 11.5. The van der Waals surface area contributed by atoms with Crippen molar-refractivity contribution in [3.05, 3.63) is 29.8 Å². The molecule has 4 heteroatoms. The molecule has 0 spiro atoms. The van der Waals surface area contributed by atoms with Gasteiger partial charge in [-0.05, 0) is 31.0 Å². The van der Waals surface area contributed by atoms with Gasteiger partial charge in [0.1, 0.15) is 5.75 Å². The van der Waals surface area contributed by atoms with Crippen LogP contribution in [0.5, 0.6) is 5.75 Å². The Kier molecular flexibility index (Phi) is 4.20. The van der Waals surface area contributed by atoms with E-state index in [-0.39, 0.29) is 17.7 Å². The maximum Gasteiger partial charge on any atom is 0.222 e. The van der Waals surface area contributed by atoms with Crippen LogP contribution in [-0.4, -0.2) is 35.0 Å². The van der Waals surface area contributed by atoms with Gasteiger partial charge in [0.05, 0.1) is 0 Å². The molecule has 1 amide bonds. The first-order chi connectivity index (χ1) is 8.65. The van der Waals surface area contributed by atoms with Crippen LogP contribution in [0.3, 0.4) is 0 Å². The molecule has 4 nitrogen and oxygen atoms in total. The Morgan fingerprint density at radius 3 is 3.00 bits per heavy atom. The number of phenols is 1. The highest BCUT2D eigenvalue weighted by Gasteiger charge is 2.21. The molecule has 98 valence electrons. The van der Waals surface area contributed by atoms with Gasteiger partial charge in [-0.2, -0.15) is 0 Å². The molecule has 0 saturated carbocycles. The van der Waals surface area contributed by atoms with Crippen molar-refractivity contribution in [2.45, 2.75) is 32.4 Å². The number of nitrogens with zero attached hydrogens (tertiary/aromatic N) is 1. The van der Waals surface area contributed by atoms with Crippen LogP contribution >= 0.6 is 0 Å². The fraction of sp³-hybridized carbons (Fsp3) is 0.500. The minimum Gasteiger partial charge on any atom is -0.508 e. The fourth-order valence-corrected chi connectivity index (χ4v) is 2.25. The molecule has 0 aromatic heterocycles. The molecule has 2 rings (SSSR count). The number of likely N-dealkylation sites (tertiary alicyclic amines) is 1. The molecule has 1 unspecified atom stereocenters. The second-order valence-corrected chi connectivity index (χ2v) is 4.90. The summed E-state index contributed by atoms with van der Waals surface area (Å²) in [6, 6.07) is 7.48. The van der Waals surface area contributed by atoms with Gasteiger partial charge in [0, 0.05) is 32.1 Å². The van der Waals surface area contributed by atoms with Gasteiger partial charge in [0.2, 0.25) is 5.91 Å². The van der Waals surface area contributed by atoms with E-state index in [0.717, 1.165) is 25.1 Å². The molecule has 18 heavy (non-hydrogen) atoms. The van der Waals surface area contributed by atoms with Crippen LogP contribution < -0.4 is 5.32 Å².